The number of ether oxygens (including phenoxy) is 3. The molecule has 2 aliphatic heterocycles. The van der Waals surface area contributed by atoms with Crippen LogP contribution in [0.4, 0.5) is 0 Å². The molecule has 1 aromatic carbocycles. The monoisotopic (exact) mass is 364 g/mol. The number of nitrogens with zero attached hydrogens (tertiary/aromatic N) is 2. The van der Waals surface area contributed by atoms with Crippen molar-refractivity contribution < 1.29 is 19.3 Å². The van der Waals surface area contributed by atoms with Gasteiger partial charge in [0.15, 0.2) is 0 Å². The van der Waals surface area contributed by atoms with Gasteiger partial charge in [0, 0.05) is 50.4 Å². The van der Waals surface area contributed by atoms with Crippen LogP contribution in [-0.2, 0) is 22.6 Å². The molecule has 0 radical (unpaired) electrons. The van der Waals surface area contributed by atoms with Gasteiger partial charge in [-0.05, 0) is 31.9 Å². The maximum absolute atomic E-state index is 11.1. The highest BCUT2D eigenvalue weighted by Gasteiger charge is 2.24. The van der Waals surface area contributed by atoms with E-state index in [1.165, 1.54) is 0 Å². The number of morpholine rings is 2. The molecule has 3 rings (SSSR count). The summed E-state index contributed by atoms with van der Waals surface area (Å²) in [6.45, 7) is 14.8. The predicted octanol–water partition coefficient (Wildman–Crippen LogP) is 2.07. The first-order chi connectivity index (χ1) is 12.6. The Morgan fingerprint density at radius 1 is 0.846 bits per heavy atom. The van der Waals surface area contributed by atoms with Crippen molar-refractivity contribution in [1.29, 1.82) is 0 Å². The molecule has 2 fully saturated rings. The fraction of sp³-hybridized carbons (Fsp3) is 0.700. The first kappa shape index (κ1) is 19.4. The molecule has 6 nitrogen and oxygen atoms in total. The van der Waals surface area contributed by atoms with E-state index in [-0.39, 0.29) is 0 Å². The van der Waals surface area contributed by atoms with Crippen LogP contribution >= 0.6 is 0 Å². The van der Waals surface area contributed by atoms with Crippen molar-refractivity contribution in [2.24, 2.45) is 0 Å². The molecule has 2 aliphatic rings. The number of benzene rings is 1. The van der Waals surface area contributed by atoms with Gasteiger partial charge in [-0.3, -0.25) is 9.80 Å². The lowest BCUT2D eigenvalue weighted by atomic mass is 9.95. The molecule has 1 aromatic rings. The molecule has 0 unspecified atom stereocenters. The van der Waals surface area contributed by atoms with Crippen molar-refractivity contribution in [2.45, 2.75) is 33.9 Å². The molecule has 146 valence electrons. The molecule has 0 aromatic heterocycles. The largest absolute Gasteiger partial charge is 0.507 e. The van der Waals surface area contributed by atoms with Gasteiger partial charge in [-0.2, -0.15) is 0 Å². The normalized spacial score (nSPS) is 19.7. The Morgan fingerprint density at radius 3 is 1.65 bits per heavy atom. The second kappa shape index (κ2) is 9.04. The summed E-state index contributed by atoms with van der Waals surface area (Å²) < 4.78 is 16.9. The Labute approximate surface area is 156 Å². The van der Waals surface area contributed by atoms with Gasteiger partial charge in [0.2, 0.25) is 0 Å². The van der Waals surface area contributed by atoms with Gasteiger partial charge >= 0.3 is 0 Å². The zero-order valence-electron chi connectivity index (χ0n) is 16.3. The fourth-order valence-electron chi connectivity index (χ4n) is 3.81. The van der Waals surface area contributed by atoms with Crippen molar-refractivity contribution in [1.82, 2.24) is 9.80 Å². The minimum atomic E-state index is 0.432. The van der Waals surface area contributed by atoms with Crippen LogP contribution in [0.2, 0.25) is 0 Å². The van der Waals surface area contributed by atoms with Crippen LogP contribution in [0.15, 0.2) is 0 Å². The van der Waals surface area contributed by atoms with Crippen LogP contribution in [0.1, 0.15) is 29.2 Å². The molecule has 0 saturated carbocycles. The highest BCUT2D eigenvalue weighted by atomic mass is 16.5. The summed E-state index contributed by atoms with van der Waals surface area (Å²) in [4.78, 5) is 4.68. The maximum Gasteiger partial charge on any atom is 0.126 e. The van der Waals surface area contributed by atoms with E-state index in [0.717, 1.165) is 93.7 Å². The van der Waals surface area contributed by atoms with Gasteiger partial charge in [-0.15, -0.1) is 0 Å². The van der Waals surface area contributed by atoms with Gasteiger partial charge in [0.05, 0.1) is 33.0 Å². The molecule has 0 spiro atoms. The van der Waals surface area contributed by atoms with Crippen molar-refractivity contribution in [3.8, 4) is 11.5 Å². The minimum absolute atomic E-state index is 0.432. The average Bonchev–Trinajstić information content (AvgIpc) is 2.67. The first-order valence-corrected chi connectivity index (χ1v) is 9.68. The van der Waals surface area contributed by atoms with Gasteiger partial charge in [0.25, 0.3) is 0 Å². The Balaban J connectivity index is 1.92. The highest BCUT2D eigenvalue weighted by Crippen LogP contribution is 2.39. The lowest BCUT2D eigenvalue weighted by Crippen LogP contribution is -2.36. The standard InChI is InChI=1S/C20H32N2O4/c1-4-26-20-15(2)17(13-21-5-9-24-10-6-21)19(23)18(16(20)3)14-22-7-11-25-12-8-22/h23H,4-14H2,1-3H3. The average molecular weight is 364 g/mol. The van der Waals surface area contributed by atoms with Gasteiger partial charge < -0.3 is 19.3 Å². The van der Waals surface area contributed by atoms with Crippen LogP contribution in [0, 0.1) is 13.8 Å². The Kier molecular flexibility index (Phi) is 6.75. The van der Waals surface area contributed by atoms with Gasteiger partial charge in [-0.25, -0.2) is 0 Å². The van der Waals surface area contributed by atoms with Crippen LogP contribution in [0.25, 0.3) is 0 Å². The molecular formula is C20H32N2O4. The number of phenolic OH excluding ortho intramolecular Hbond substituents is 1. The number of rotatable bonds is 6. The van der Waals surface area contributed by atoms with Crippen LogP contribution < -0.4 is 4.74 Å². The summed E-state index contributed by atoms with van der Waals surface area (Å²) in [6.07, 6.45) is 0. The van der Waals surface area contributed by atoms with E-state index in [1.54, 1.807) is 0 Å². The summed E-state index contributed by atoms with van der Waals surface area (Å²) >= 11 is 0. The highest BCUT2D eigenvalue weighted by molar-refractivity contribution is 5.58. The summed E-state index contributed by atoms with van der Waals surface area (Å²) in [5.41, 5.74) is 4.09. The SMILES string of the molecule is CCOc1c(C)c(CN2CCOCC2)c(O)c(CN2CCOCC2)c1C. The van der Waals surface area contributed by atoms with E-state index >= 15 is 0 Å². The Bertz CT molecular complexity index is 561. The smallest absolute Gasteiger partial charge is 0.126 e. The summed E-state index contributed by atoms with van der Waals surface area (Å²) in [5, 5.41) is 11.1. The first-order valence-electron chi connectivity index (χ1n) is 9.68. The van der Waals surface area contributed by atoms with Gasteiger partial charge in [0.1, 0.15) is 11.5 Å². The molecule has 0 atom stereocenters. The zero-order valence-corrected chi connectivity index (χ0v) is 16.3. The van der Waals surface area contributed by atoms with Crippen molar-refractivity contribution in [2.75, 3.05) is 59.2 Å². The molecular weight excluding hydrogens is 332 g/mol. The quantitative estimate of drug-likeness (QED) is 0.834. The molecule has 0 bridgehead atoms. The summed E-state index contributed by atoms with van der Waals surface area (Å²) in [6, 6.07) is 0. The lowest BCUT2D eigenvalue weighted by Gasteiger charge is -2.31. The van der Waals surface area contributed by atoms with Crippen molar-refractivity contribution in [3.05, 3.63) is 22.3 Å². The van der Waals surface area contributed by atoms with Crippen LogP contribution in [0.3, 0.4) is 0 Å². The molecule has 2 saturated heterocycles. The zero-order chi connectivity index (χ0) is 18.5. The second-order valence-corrected chi connectivity index (χ2v) is 7.09. The van der Waals surface area contributed by atoms with Crippen molar-refractivity contribution >= 4 is 0 Å². The van der Waals surface area contributed by atoms with E-state index < -0.39 is 0 Å². The lowest BCUT2D eigenvalue weighted by molar-refractivity contribution is 0.0326. The third-order valence-corrected chi connectivity index (χ3v) is 5.42. The molecule has 0 amide bonds. The molecule has 0 aliphatic carbocycles. The number of aromatic hydroxyl groups is 1. The van der Waals surface area contributed by atoms with Crippen LogP contribution in [-0.4, -0.2) is 74.1 Å². The number of hydrogen-bond acceptors (Lipinski definition) is 6. The summed E-state index contributed by atoms with van der Waals surface area (Å²) in [5.74, 6) is 1.36. The Morgan fingerprint density at radius 2 is 1.27 bits per heavy atom. The van der Waals surface area contributed by atoms with E-state index in [4.69, 9.17) is 14.2 Å². The Hall–Kier alpha value is -1.34. The third-order valence-electron chi connectivity index (χ3n) is 5.42. The van der Waals surface area contributed by atoms with Gasteiger partial charge in [-0.1, -0.05) is 0 Å². The number of phenols is 1. The topological polar surface area (TPSA) is 54.4 Å². The van der Waals surface area contributed by atoms with E-state index in [2.05, 4.69) is 23.6 Å². The molecule has 1 N–H and O–H groups in total. The second-order valence-electron chi connectivity index (χ2n) is 7.09. The van der Waals surface area contributed by atoms with Crippen LogP contribution in [0.5, 0.6) is 11.5 Å². The van der Waals surface area contributed by atoms with Crippen molar-refractivity contribution in [3.63, 3.8) is 0 Å². The number of hydrogen-bond donors (Lipinski definition) is 1. The molecule has 6 heteroatoms. The third kappa shape index (κ3) is 4.31. The van der Waals surface area contributed by atoms with E-state index in [0.29, 0.717) is 12.4 Å². The van der Waals surface area contributed by atoms with E-state index in [9.17, 15) is 5.11 Å². The molecule has 2 heterocycles. The summed E-state index contributed by atoms with van der Waals surface area (Å²) in [7, 11) is 0. The molecule has 26 heavy (non-hydrogen) atoms. The maximum atomic E-state index is 11.1. The minimum Gasteiger partial charge on any atom is -0.507 e. The predicted molar refractivity (Wildman–Crippen MR) is 101 cm³/mol. The fourth-order valence-corrected chi connectivity index (χ4v) is 3.81. The van der Waals surface area contributed by atoms with E-state index in [1.807, 2.05) is 6.92 Å².